The summed E-state index contributed by atoms with van der Waals surface area (Å²) in [4.78, 5) is 10.7. The van der Waals surface area contributed by atoms with Crippen LogP contribution in [-0.4, -0.2) is 35.2 Å². The van der Waals surface area contributed by atoms with Crippen LogP contribution in [0.1, 0.15) is 11.7 Å². The fourth-order valence-corrected chi connectivity index (χ4v) is 1.31. The van der Waals surface area contributed by atoms with Gasteiger partial charge in [-0.1, -0.05) is 12.1 Å². The van der Waals surface area contributed by atoms with Crippen molar-refractivity contribution in [2.75, 3.05) is 11.9 Å². The Bertz CT molecular complexity index is 398. The quantitative estimate of drug-likeness (QED) is 0.610. The third-order valence-electron chi connectivity index (χ3n) is 2.33. The number of carbonyl (C=O) groups is 1. The van der Waals surface area contributed by atoms with Gasteiger partial charge in [0.2, 0.25) is 0 Å². The normalized spacial score (nSPS) is 14.3. The van der Waals surface area contributed by atoms with Crippen LogP contribution in [0.3, 0.4) is 0 Å². The van der Waals surface area contributed by atoms with Crippen LogP contribution in [0.4, 0.5) is 14.5 Å². The molecule has 5 nitrogen and oxygen atoms in total. The average Bonchev–Trinajstić information content (AvgIpc) is 2.37. The summed E-state index contributed by atoms with van der Waals surface area (Å²) < 4.78 is 24.0. The maximum atomic E-state index is 12.0. The first-order valence-corrected chi connectivity index (χ1v) is 5.19. The van der Waals surface area contributed by atoms with Gasteiger partial charge in [0, 0.05) is 5.69 Å². The molecule has 0 saturated carbocycles. The van der Waals surface area contributed by atoms with Gasteiger partial charge in [0.05, 0.1) is 18.8 Å². The molecule has 100 valence electrons. The van der Waals surface area contributed by atoms with Crippen LogP contribution in [0.25, 0.3) is 0 Å². The van der Waals surface area contributed by atoms with E-state index in [1.54, 1.807) is 0 Å². The van der Waals surface area contributed by atoms with Gasteiger partial charge >= 0.3 is 6.43 Å². The number of hydrogen-bond donors (Lipinski definition) is 4. The molecule has 7 heteroatoms. The maximum absolute atomic E-state index is 12.0. The van der Waals surface area contributed by atoms with Gasteiger partial charge in [-0.25, -0.2) is 0 Å². The van der Waals surface area contributed by atoms with Crippen LogP contribution < -0.4 is 11.1 Å². The number of nitrogens with two attached hydrogens (primary N) is 1. The number of amides is 1. The van der Waals surface area contributed by atoms with Gasteiger partial charge < -0.3 is 21.3 Å². The maximum Gasteiger partial charge on any atom is 0.315 e. The van der Waals surface area contributed by atoms with Gasteiger partial charge in [-0.05, 0) is 17.7 Å². The third-order valence-corrected chi connectivity index (χ3v) is 2.33. The zero-order valence-electron chi connectivity index (χ0n) is 9.38. The topological polar surface area (TPSA) is 95.6 Å². The van der Waals surface area contributed by atoms with Crippen molar-refractivity contribution in [3.8, 4) is 0 Å². The van der Waals surface area contributed by atoms with Gasteiger partial charge in [0.25, 0.3) is 5.91 Å². The van der Waals surface area contributed by atoms with E-state index in [1.165, 1.54) is 24.3 Å². The molecule has 1 aromatic rings. The van der Waals surface area contributed by atoms with Crippen molar-refractivity contribution < 1.29 is 23.8 Å². The predicted molar refractivity (Wildman–Crippen MR) is 61.1 cm³/mol. The van der Waals surface area contributed by atoms with E-state index in [9.17, 15) is 18.7 Å². The minimum Gasteiger partial charge on any atom is -0.395 e. The van der Waals surface area contributed by atoms with E-state index in [-0.39, 0.29) is 12.3 Å². The molecule has 2 atom stereocenters. The number of rotatable bonds is 5. The fraction of sp³-hybridized carbons (Fsp3) is 0.364. The zero-order valence-corrected chi connectivity index (χ0v) is 9.38. The Morgan fingerprint density at radius 2 is 1.89 bits per heavy atom. The number of aliphatic hydroxyl groups is 2. The number of anilines is 1. The predicted octanol–water partition coefficient (Wildman–Crippen LogP) is 0.243. The molecule has 1 aromatic carbocycles. The van der Waals surface area contributed by atoms with Gasteiger partial charge in [-0.3, -0.25) is 4.79 Å². The molecule has 2 unspecified atom stereocenters. The Balaban J connectivity index is 2.71. The molecule has 1 rings (SSSR count). The highest BCUT2D eigenvalue weighted by atomic mass is 19.3. The van der Waals surface area contributed by atoms with Gasteiger partial charge in [-0.15, -0.1) is 0 Å². The van der Waals surface area contributed by atoms with Crippen molar-refractivity contribution in [2.45, 2.75) is 18.6 Å². The third kappa shape index (κ3) is 3.73. The first-order chi connectivity index (χ1) is 8.45. The summed E-state index contributed by atoms with van der Waals surface area (Å²) in [5.74, 6) is -1.39. The molecule has 0 fully saturated rings. The molecule has 0 aromatic heterocycles. The highest BCUT2D eigenvalue weighted by Gasteiger charge is 2.17. The molecule has 0 aliphatic carbocycles. The second kappa shape index (κ2) is 6.39. The number of alkyl halides is 2. The molecule has 0 spiro atoms. The van der Waals surface area contributed by atoms with Gasteiger partial charge in [-0.2, -0.15) is 8.78 Å². The standard InChI is InChI=1S/C11H14F2N2O3/c12-10(13)11(18)15-7-3-1-6(2-4-7)9(17)8(14)5-16/h1-4,8-10,16-17H,5,14H2,(H,15,18). The average molecular weight is 260 g/mol. The van der Waals surface area contributed by atoms with E-state index in [2.05, 4.69) is 0 Å². The Kier molecular flexibility index (Phi) is 5.14. The highest BCUT2D eigenvalue weighted by molar-refractivity contribution is 5.93. The summed E-state index contributed by atoms with van der Waals surface area (Å²) in [5, 5.41) is 20.4. The van der Waals surface area contributed by atoms with E-state index in [0.29, 0.717) is 5.56 Å². The van der Waals surface area contributed by atoms with Crippen LogP contribution in [0.5, 0.6) is 0 Å². The molecule has 0 bridgehead atoms. The summed E-state index contributed by atoms with van der Waals surface area (Å²) in [5.41, 5.74) is 6.05. The van der Waals surface area contributed by atoms with Crippen LogP contribution in [0.15, 0.2) is 24.3 Å². The molecule has 18 heavy (non-hydrogen) atoms. The zero-order chi connectivity index (χ0) is 13.7. The van der Waals surface area contributed by atoms with Crippen molar-refractivity contribution in [1.82, 2.24) is 0 Å². The van der Waals surface area contributed by atoms with E-state index < -0.39 is 24.5 Å². The van der Waals surface area contributed by atoms with E-state index in [1.807, 2.05) is 5.32 Å². The lowest BCUT2D eigenvalue weighted by Gasteiger charge is -2.17. The second-order valence-electron chi connectivity index (χ2n) is 3.70. The number of halogens is 2. The lowest BCUT2D eigenvalue weighted by atomic mass is 10.0. The van der Waals surface area contributed by atoms with Crippen molar-refractivity contribution in [1.29, 1.82) is 0 Å². The minimum atomic E-state index is -3.09. The van der Waals surface area contributed by atoms with Crippen molar-refractivity contribution in [3.05, 3.63) is 29.8 Å². The summed E-state index contributed by atoms with van der Waals surface area (Å²) in [6.45, 7) is -0.384. The highest BCUT2D eigenvalue weighted by Crippen LogP contribution is 2.18. The Morgan fingerprint density at radius 3 is 2.33 bits per heavy atom. The van der Waals surface area contributed by atoms with E-state index in [4.69, 9.17) is 10.8 Å². The SMILES string of the molecule is NC(CO)C(O)c1ccc(NC(=O)C(F)F)cc1. The van der Waals surface area contributed by atoms with Crippen molar-refractivity contribution >= 4 is 11.6 Å². The molecule has 0 heterocycles. The molecule has 0 saturated heterocycles. The lowest BCUT2D eigenvalue weighted by Crippen LogP contribution is -2.31. The number of nitrogens with one attached hydrogen (secondary N) is 1. The summed E-state index contributed by atoms with van der Waals surface area (Å²) in [7, 11) is 0. The molecule has 0 radical (unpaired) electrons. The summed E-state index contributed by atoms with van der Waals surface area (Å²) >= 11 is 0. The Labute approximate surface area is 102 Å². The molecule has 1 amide bonds. The molecule has 0 aliphatic heterocycles. The second-order valence-corrected chi connectivity index (χ2v) is 3.70. The summed E-state index contributed by atoms with van der Waals surface area (Å²) in [6, 6.07) is 4.76. The number of hydrogen-bond acceptors (Lipinski definition) is 4. The number of carbonyl (C=O) groups excluding carboxylic acids is 1. The molecule has 0 aliphatic rings. The van der Waals surface area contributed by atoms with Gasteiger partial charge in [0.1, 0.15) is 0 Å². The molecule has 5 N–H and O–H groups in total. The van der Waals surface area contributed by atoms with E-state index in [0.717, 1.165) is 0 Å². The smallest absolute Gasteiger partial charge is 0.315 e. The molecular weight excluding hydrogens is 246 g/mol. The Hall–Kier alpha value is -1.57. The van der Waals surface area contributed by atoms with E-state index >= 15 is 0 Å². The van der Waals surface area contributed by atoms with Crippen LogP contribution in [-0.2, 0) is 4.79 Å². The lowest BCUT2D eigenvalue weighted by molar-refractivity contribution is -0.126. The van der Waals surface area contributed by atoms with Crippen molar-refractivity contribution in [2.24, 2.45) is 5.73 Å². The first-order valence-electron chi connectivity index (χ1n) is 5.19. The van der Waals surface area contributed by atoms with Crippen molar-refractivity contribution in [3.63, 3.8) is 0 Å². The fourth-order valence-electron chi connectivity index (χ4n) is 1.31. The van der Waals surface area contributed by atoms with Gasteiger partial charge in [0.15, 0.2) is 0 Å². The first kappa shape index (κ1) is 14.5. The number of aliphatic hydroxyl groups excluding tert-OH is 2. The Morgan fingerprint density at radius 1 is 1.33 bits per heavy atom. The largest absolute Gasteiger partial charge is 0.395 e. The summed E-state index contributed by atoms with van der Waals surface area (Å²) in [6.07, 6.45) is -4.15. The number of benzene rings is 1. The van der Waals surface area contributed by atoms with Crippen LogP contribution in [0.2, 0.25) is 0 Å². The van der Waals surface area contributed by atoms with Crippen LogP contribution in [0, 0.1) is 0 Å². The minimum absolute atomic E-state index is 0.189. The monoisotopic (exact) mass is 260 g/mol. The van der Waals surface area contributed by atoms with Crippen LogP contribution >= 0.6 is 0 Å². The molecular formula is C11H14F2N2O3.